The van der Waals surface area contributed by atoms with Gasteiger partial charge in [0.1, 0.15) is 90.2 Å². The van der Waals surface area contributed by atoms with Gasteiger partial charge in [0.2, 0.25) is 0 Å². The predicted octanol–water partition coefficient (Wildman–Crippen LogP) is 35.5. The summed E-state index contributed by atoms with van der Waals surface area (Å²) in [5.41, 5.74) is -8.02. The van der Waals surface area contributed by atoms with Gasteiger partial charge in [-0.25, -0.2) is 0 Å². The molecule has 0 spiro atoms. The summed E-state index contributed by atoms with van der Waals surface area (Å²) in [5, 5.41) is 3.30. The Kier molecular flexibility index (Phi) is 52.9. The van der Waals surface area contributed by atoms with Crippen molar-refractivity contribution in [3.05, 3.63) is 48.5 Å². The van der Waals surface area contributed by atoms with Gasteiger partial charge in [0.25, 0.3) is 18.1 Å². The Hall–Kier alpha value is -5.13. The first-order valence-electron chi connectivity index (χ1n) is 55.7. The molecule has 0 bridgehead atoms. The average molecular weight is 1920 g/mol. The fraction of sp³-hybridized carbons (Fsp3) is 0.800. The third kappa shape index (κ3) is 46.7. The van der Waals surface area contributed by atoms with Crippen LogP contribution in [-0.4, -0.2) is 85.3 Å². The van der Waals surface area contributed by atoms with Gasteiger partial charge < -0.3 is 61.0 Å². The van der Waals surface area contributed by atoms with Crippen molar-refractivity contribution in [1.82, 2.24) is 0 Å². The number of hydrogen-bond donors (Lipinski definition) is 0. The molecule has 0 atom stereocenters. The second-order valence-corrected chi connectivity index (χ2v) is 52.1. The maximum absolute atomic E-state index is 9.59. The number of rotatable bonds is 78. The van der Waals surface area contributed by atoms with E-state index < -0.39 is 85.3 Å². The Morgan fingerprint density at radius 2 is 0.237 bits per heavy atom. The molecule has 0 N–H and O–H groups in total. The molecule has 0 aliphatic carbocycles. The van der Waals surface area contributed by atoms with Gasteiger partial charge in [-0.05, 0) is 345 Å². The fourth-order valence-electron chi connectivity index (χ4n) is 18.3. The van der Waals surface area contributed by atoms with Gasteiger partial charge in [-0.2, -0.15) is 0 Å². The first-order chi connectivity index (χ1) is 63.2. The zero-order valence-electron chi connectivity index (χ0n) is 94.9. The van der Waals surface area contributed by atoms with E-state index in [1.165, 1.54) is 0 Å². The molecular formula is C120H212O13Si2. The minimum absolute atomic E-state index is 0.618. The van der Waals surface area contributed by atoms with E-state index in [1.807, 2.05) is 0 Å². The average Bonchev–Trinajstić information content (AvgIpc) is 0.743. The van der Waals surface area contributed by atoms with Crippen LogP contribution in [0.3, 0.4) is 0 Å². The molecule has 15 heteroatoms. The molecule has 0 saturated heterocycles. The highest BCUT2D eigenvalue weighted by Gasteiger charge is 2.45. The zero-order chi connectivity index (χ0) is 101. The second-order valence-electron chi connectivity index (χ2n) is 47.8. The monoisotopic (exact) mass is 1920 g/mol. The Morgan fingerprint density at radius 3 is 0.341 bits per heavy atom. The van der Waals surface area contributed by atoms with Crippen LogP contribution in [0.25, 0.3) is 0 Å². The van der Waals surface area contributed by atoms with Crippen molar-refractivity contribution in [2.45, 2.75) is 625 Å². The Morgan fingerprint density at radius 1 is 0.141 bits per heavy atom. The van der Waals surface area contributed by atoms with E-state index in [2.05, 4.69) is 298 Å². The molecule has 0 aliphatic heterocycles. The summed E-state index contributed by atoms with van der Waals surface area (Å²) in [6, 6.07) is 18.0. The number of ether oxygens (including phenoxy) is 12. The molecule has 0 aliphatic rings. The van der Waals surface area contributed by atoms with Crippen LogP contribution in [0, 0.1) is 0 Å². The summed E-state index contributed by atoms with van der Waals surface area (Å²) < 4.78 is 105. The van der Waals surface area contributed by atoms with Gasteiger partial charge in [0.15, 0.2) is 46.0 Å². The van der Waals surface area contributed by atoms with E-state index in [1.54, 1.807) is 0 Å². The van der Waals surface area contributed by atoms with Crippen LogP contribution in [0.1, 0.15) is 557 Å². The van der Waals surface area contributed by atoms with Gasteiger partial charge in [-0.15, -0.1) is 0 Å². The third-order valence-electron chi connectivity index (χ3n) is 26.6. The largest absolute Gasteiger partial charge is 0.488 e. The summed E-state index contributed by atoms with van der Waals surface area (Å²) in [6.45, 7) is 81.7. The van der Waals surface area contributed by atoms with Gasteiger partial charge in [-0.1, -0.05) is 237 Å². The Labute approximate surface area is 836 Å². The topological polar surface area (TPSA) is 120 Å². The SMILES string of the molecule is CCCCCC(C)(C)Oc1cc(OC(C)(C)CCCCC)c([Si](O[Si](c2cc(OC(C)(C)CCCCC)c(OC(C)(C)CCCCC)cc2OC(C)(C)CCCCC)c2cc(OC(C)(C)CCCCC)c(OC(C)(C)CCCCC)cc2OC(C)(C)CCCCC)c2cc(OC(C)(C)CCCCC)c(OC(C)(C)CCCCC)cc2OC(C)(C)CCCCC)cc1OC(C)(C)CCCCC. The lowest BCUT2D eigenvalue weighted by molar-refractivity contribution is 0.0630. The van der Waals surface area contributed by atoms with E-state index in [-0.39, 0.29) is 0 Å². The standard InChI is InChI=1S/C120H212O13Si2/c1-37-49-61-73-109(13,14)121-93-85-101(129-117(29,30)81-69-57-45-9)105(89-97(93)125-113(21,22)77-65-53-41-5)134(106-90-98(126-114(23,24)78-66-54-42-6)94(122-110(15,16)74-62-50-38-2)86-102(106)130-118(31,32)82-70-58-46-10)133-135(107-91-99(127-115(25,26)79-67-55-43-7)95(123-111(17,18)75-63-51-39-3)87-103(107)131-119(33,34)83-71-59-47-11)108-92-100(128-116(27,28)80-68-56-44-8)96(124-112(19,20)76-64-52-40-4)88-104(108)132-120(35,36)84-72-60-48-12/h85-92H,37-84H2,1-36H3. The number of hydrogen-bond acceptors (Lipinski definition) is 13. The normalized spacial score (nSPS) is 13.1. The second kappa shape index (κ2) is 58.5. The molecule has 135 heavy (non-hydrogen) atoms. The van der Waals surface area contributed by atoms with E-state index >= 15 is 0 Å². The van der Waals surface area contributed by atoms with Crippen molar-refractivity contribution in [3.8, 4) is 69.0 Å². The number of unbranched alkanes of at least 4 members (excludes halogenated alkanes) is 24. The van der Waals surface area contributed by atoms with Crippen LogP contribution in [-0.2, 0) is 4.12 Å². The molecule has 0 aromatic heterocycles. The highest BCUT2D eigenvalue weighted by atomic mass is 28.4. The van der Waals surface area contributed by atoms with Crippen LogP contribution < -0.4 is 77.6 Å². The van der Waals surface area contributed by atoms with Gasteiger partial charge in [0.05, 0.1) is 0 Å². The first-order valence-corrected chi connectivity index (χ1v) is 58.5. The summed E-state index contributed by atoms with van der Waals surface area (Å²) in [6.07, 6.45) is 47.5. The molecule has 0 heterocycles. The van der Waals surface area contributed by atoms with Crippen LogP contribution in [0.5, 0.6) is 69.0 Å². The van der Waals surface area contributed by atoms with E-state index in [0.29, 0.717) is 69.0 Å². The lowest BCUT2D eigenvalue weighted by Gasteiger charge is -2.37. The van der Waals surface area contributed by atoms with Crippen LogP contribution in [0.2, 0.25) is 0 Å². The minimum Gasteiger partial charge on any atom is -0.488 e. The fourth-order valence-corrected chi connectivity index (χ4v) is 23.8. The maximum atomic E-state index is 9.59. The van der Waals surface area contributed by atoms with Crippen molar-refractivity contribution in [3.63, 3.8) is 0 Å². The van der Waals surface area contributed by atoms with E-state index in [4.69, 9.17) is 56.8 Å². The molecule has 0 fully saturated rings. The van der Waals surface area contributed by atoms with Gasteiger partial charge in [-0.3, -0.25) is 0 Å². The van der Waals surface area contributed by atoms with Crippen molar-refractivity contribution in [2.24, 2.45) is 0 Å². The number of benzene rings is 4. The highest BCUT2D eigenvalue weighted by Crippen LogP contribution is 2.47. The minimum atomic E-state index is -3.10. The lowest BCUT2D eigenvalue weighted by atomic mass is 9.99. The van der Waals surface area contributed by atoms with Crippen molar-refractivity contribution in [2.75, 3.05) is 0 Å². The molecular weight excluding hydrogens is 1710 g/mol. The van der Waals surface area contributed by atoms with E-state index in [0.717, 1.165) is 329 Å². The predicted molar refractivity (Wildman–Crippen MR) is 583 cm³/mol. The lowest BCUT2D eigenvalue weighted by Crippen LogP contribution is -2.58. The molecule has 2 radical (unpaired) electrons. The van der Waals surface area contributed by atoms with Crippen molar-refractivity contribution in [1.29, 1.82) is 0 Å². The summed E-state index contributed by atoms with van der Waals surface area (Å²) >= 11 is 0. The Bertz CT molecular complexity index is 3440. The zero-order valence-corrected chi connectivity index (χ0v) is 96.9. The quantitative estimate of drug-likeness (QED) is 0.0308. The summed E-state index contributed by atoms with van der Waals surface area (Å²) in [4.78, 5) is 0. The molecule has 0 unspecified atom stereocenters. The summed E-state index contributed by atoms with van der Waals surface area (Å²) in [5.74, 6) is 7.62. The summed E-state index contributed by atoms with van der Waals surface area (Å²) in [7, 11) is -6.21. The smallest absolute Gasteiger partial charge is 0.280 e. The van der Waals surface area contributed by atoms with Crippen LogP contribution in [0.15, 0.2) is 48.5 Å². The molecule has 0 saturated carbocycles. The van der Waals surface area contributed by atoms with E-state index in [9.17, 15) is 4.12 Å². The van der Waals surface area contributed by atoms with Crippen LogP contribution in [0.4, 0.5) is 0 Å². The molecule has 0 amide bonds. The molecule has 4 aromatic carbocycles. The highest BCUT2D eigenvalue weighted by molar-refractivity contribution is 6.93. The van der Waals surface area contributed by atoms with Crippen LogP contribution >= 0.6 is 0 Å². The molecule has 4 aromatic rings. The van der Waals surface area contributed by atoms with Crippen molar-refractivity contribution >= 4 is 38.8 Å². The molecule has 13 nitrogen and oxygen atoms in total. The maximum Gasteiger partial charge on any atom is 0.280 e. The van der Waals surface area contributed by atoms with Gasteiger partial charge >= 0.3 is 0 Å². The van der Waals surface area contributed by atoms with Gasteiger partial charge in [0, 0.05) is 45.0 Å². The molecule has 778 valence electrons. The third-order valence-corrected chi connectivity index (χ3v) is 31.7. The Balaban J connectivity index is 2.98. The molecule has 4 rings (SSSR count). The van der Waals surface area contributed by atoms with Crippen molar-refractivity contribution < 1.29 is 61.0 Å². The first kappa shape index (κ1) is 122.